The minimum Gasteiger partial charge on any atom is -0.497 e. The molecule has 2 nitrogen and oxygen atoms in total. The van der Waals surface area contributed by atoms with Crippen molar-refractivity contribution < 1.29 is 9.84 Å². The number of benzene rings is 1. The summed E-state index contributed by atoms with van der Waals surface area (Å²) in [6, 6.07) is 7.62. The zero-order valence-electron chi connectivity index (χ0n) is 9.16. The predicted octanol–water partition coefficient (Wildman–Crippen LogP) is 2.01. The van der Waals surface area contributed by atoms with E-state index in [0.717, 1.165) is 11.3 Å². The summed E-state index contributed by atoms with van der Waals surface area (Å²) in [7, 11) is 1.63. The van der Waals surface area contributed by atoms with Crippen molar-refractivity contribution in [3.05, 3.63) is 29.8 Å². The molecule has 1 aromatic carbocycles. The van der Waals surface area contributed by atoms with Crippen LogP contribution in [0.5, 0.6) is 5.75 Å². The zero-order chi connectivity index (χ0) is 11.3. The second-order valence-corrected chi connectivity index (χ2v) is 3.90. The van der Waals surface area contributed by atoms with Crippen LogP contribution in [0.3, 0.4) is 0 Å². The largest absolute Gasteiger partial charge is 0.497 e. The maximum Gasteiger partial charge on any atom is 0.118 e. The Morgan fingerprint density at radius 1 is 1.40 bits per heavy atom. The molecular formula is C13H16O2. The van der Waals surface area contributed by atoms with Crippen molar-refractivity contribution in [2.24, 2.45) is 0 Å². The van der Waals surface area contributed by atoms with Crippen molar-refractivity contribution in [3.8, 4) is 18.1 Å². The van der Waals surface area contributed by atoms with Crippen LogP contribution in [0, 0.1) is 12.3 Å². The van der Waals surface area contributed by atoms with Crippen LogP contribution < -0.4 is 4.74 Å². The van der Waals surface area contributed by atoms with Gasteiger partial charge in [0.05, 0.1) is 12.7 Å². The van der Waals surface area contributed by atoms with E-state index in [1.807, 2.05) is 24.3 Å². The molecule has 2 heteroatoms. The quantitative estimate of drug-likeness (QED) is 0.760. The maximum atomic E-state index is 9.92. The lowest BCUT2D eigenvalue weighted by Gasteiger charge is -2.20. The van der Waals surface area contributed by atoms with Crippen molar-refractivity contribution in [1.29, 1.82) is 0 Å². The van der Waals surface area contributed by atoms with Crippen molar-refractivity contribution in [2.45, 2.75) is 25.4 Å². The first-order valence-electron chi connectivity index (χ1n) is 4.86. The fraction of sp³-hybridized carbons (Fsp3) is 0.385. The Labute approximate surface area is 90.9 Å². The molecule has 80 valence electrons. The molecule has 1 rings (SSSR count). The highest BCUT2D eigenvalue weighted by Gasteiger charge is 2.19. The van der Waals surface area contributed by atoms with Gasteiger partial charge >= 0.3 is 0 Å². The van der Waals surface area contributed by atoms with E-state index < -0.39 is 5.60 Å². The molecule has 0 amide bonds. The van der Waals surface area contributed by atoms with Crippen molar-refractivity contribution >= 4 is 0 Å². The number of methoxy groups -OCH3 is 1. The molecule has 0 aromatic heterocycles. The van der Waals surface area contributed by atoms with E-state index in [-0.39, 0.29) is 0 Å². The minimum absolute atomic E-state index is 0.360. The molecule has 0 bridgehead atoms. The van der Waals surface area contributed by atoms with E-state index in [2.05, 4.69) is 5.92 Å². The Balaban J connectivity index is 2.69. The van der Waals surface area contributed by atoms with E-state index in [1.165, 1.54) is 0 Å². The lowest BCUT2D eigenvalue weighted by molar-refractivity contribution is 0.0659. The summed E-state index contributed by atoms with van der Waals surface area (Å²) in [6.07, 6.45) is 6.10. The molecule has 1 aromatic rings. The maximum absolute atomic E-state index is 9.92. The standard InChI is InChI=1S/C13H16O2/c1-4-9-13(2,14)10-11-5-7-12(15-3)8-6-11/h1,5-8,14H,9-10H2,2-3H3. The summed E-state index contributed by atoms with van der Waals surface area (Å²) in [5.41, 5.74) is 0.222. The second kappa shape index (κ2) is 4.86. The van der Waals surface area contributed by atoms with Crippen LogP contribution in [0.4, 0.5) is 0 Å². The number of hydrogen-bond donors (Lipinski definition) is 1. The molecular weight excluding hydrogens is 188 g/mol. The third-order valence-electron chi connectivity index (χ3n) is 2.23. The predicted molar refractivity (Wildman–Crippen MR) is 60.8 cm³/mol. The summed E-state index contributed by atoms with van der Waals surface area (Å²) >= 11 is 0. The van der Waals surface area contributed by atoms with Gasteiger partial charge in [0.25, 0.3) is 0 Å². The summed E-state index contributed by atoms with van der Waals surface area (Å²) in [5, 5.41) is 9.92. The summed E-state index contributed by atoms with van der Waals surface area (Å²) in [5.74, 6) is 3.29. The lowest BCUT2D eigenvalue weighted by Crippen LogP contribution is -2.26. The molecule has 1 N–H and O–H groups in total. The molecule has 15 heavy (non-hydrogen) atoms. The highest BCUT2D eigenvalue weighted by atomic mass is 16.5. The van der Waals surface area contributed by atoms with Crippen LogP contribution in [0.15, 0.2) is 24.3 Å². The van der Waals surface area contributed by atoms with Crippen LogP contribution >= 0.6 is 0 Å². The second-order valence-electron chi connectivity index (χ2n) is 3.90. The van der Waals surface area contributed by atoms with Gasteiger partial charge in [-0.1, -0.05) is 12.1 Å². The van der Waals surface area contributed by atoms with Crippen LogP contribution in [0.1, 0.15) is 18.9 Å². The van der Waals surface area contributed by atoms with Gasteiger partial charge in [-0.15, -0.1) is 12.3 Å². The highest BCUT2D eigenvalue weighted by molar-refractivity contribution is 5.28. The number of terminal acetylenes is 1. The summed E-state index contributed by atoms with van der Waals surface area (Å²) in [6.45, 7) is 1.75. The lowest BCUT2D eigenvalue weighted by atomic mass is 9.94. The number of rotatable bonds is 4. The van der Waals surface area contributed by atoms with E-state index in [0.29, 0.717) is 12.8 Å². The monoisotopic (exact) mass is 204 g/mol. The molecule has 1 unspecified atom stereocenters. The molecule has 0 aliphatic carbocycles. The number of aliphatic hydroxyl groups is 1. The smallest absolute Gasteiger partial charge is 0.118 e. The Morgan fingerprint density at radius 3 is 2.47 bits per heavy atom. The topological polar surface area (TPSA) is 29.5 Å². The Hall–Kier alpha value is -1.46. The van der Waals surface area contributed by atoms with Crippen LogP contribution in [-0.4, -0.2) is 17.8 Å². The molecule has 0 heterocycles. The Kier molecular flexibility index (Phi) is 3.76. The third-order valence-corrected chi connectivity index (χ3v) is 2.23. The van der Waals surface area contributed by atoms with Crippen molar-refractivity contribution in [1.82, 2.24) is 0 Å². The minimum atomic E-state index is -0.830. The summed E-state index contributed by atoms with van der Waals surface area (Å²) in [4.78, 5) is 0. The molecule has 0 saturated carbocycles. The fourth-order valence-corrected chi connectivity index (χ4v) is 1.47. The van der Waals surface area contributed by atoms with Gasteiger partial charge in [-0.2, -0.15) is 0 Å². The van der Waals surface area contributed by atoms with Crippen LogP contribution in [0.25, 0.3) is 0 Å². The Bertz CT molecular complexity index is 344. The number of hydrogen-bond acceptors (Lipinski definition) is 2. The molecule has 0 fully saturated rings. The molecule has 1 atom stereocenters. The van der Waals surface area contributed by atoms with E-state index in [4.69, 9.17) is 11.2 Å². The van der Waals surface area contributed by atoms with Gasteiger partial charge in [0.1, 0.15) is 5.75 Å². The van der Waals surface area contributed by atoms with E-state index in [9.17, 15) is 5.11 Å². The van der Waals surface area contributed by atoms with Crippen molar-refractivity contribution in [2.75, 3.05) is 7.11 Å². The first kappa shape index (κ1) is 11.6. The van der Waals surface area contributed by atoms with Gasteiger partial charge in [0.2, 0.25) is 0 Å². The molecule has 0 radical (unpaired) electrons. The summed E-state index contributed by atoms with van der Waals surface area (Å²) < 4.78 is 5.05. The SMILES string of the molecule is C#CCC(C)(O)Cc1ccc(OC)cc1. The highest BCUT2D eigenvalue weighted by Crippen LogP contribution is 2.18. The first-order valence-corrected chi connectivity index (χ1v) is 4.86. The number of ether oxygens (including phenoxy) is 1. The molecule has 0 aliphatic heterocycles. The molecule has 0 aliphatic rings. The van der Waals surface area contributed by atoms with Gasteiger partial charge < -0.3 is 9.84 Å². The van der Waals surface area contributed by atoms with Gasteiger partial charge in [-0.25, -0.2) is 0 Å². The molecule has 0 spiro atoms. The van der Waals surface area contributed by atoms with Gasteiger partial charge in [-0.05, 0) is 24.6 Å². The van der Waals surface area contributed by atoms with Crippen LogP contribution in [-0.2, 0) is 6.42 Å². The van der Waals surface area contributed by atoms with Gasteiger partial charge in [0, 0.05) is 12.8 Å². The normalized spacial score (nSPS) is 14.0. The Morgan fingerprint density at radius 2 is 2.00 bits per heavy atom. The molecule has 0 saturated heterocycles. The van der Waals surface area contributed by atoms with Crippen molar-refractivity contribution in [3.63, 3.8) is 0 Å². The van der Waals surface area contributed by atoms with E-state index in [1.54, 1.807) is 14.0 Å². The average molecular weight is 204 g/mol. The fourth-order valence-electron chi connectivity index (χ4n) is 1.47. The average Bonchev–Trinajstić information content (AvgIpc) is 2.18. The van der Waals surface area contributed by atoms with E-state index >= 15 is 0 Å². The first-order chi connectivity index (χ1) is 7.07. The third kappa shape index (κ3) is 3.65. The van der Waals surface area contributed by atoms with Gasteiger partial charge in [-0.3, -0.25) is 0 Å². The zero-order valence-corrected chi connectivity index (χ0v) is 9.16. The van der Waals surface area contributed by atoms with Gasteiger partial charge in [0.15, 0.2) is 0 Å². The van der Waals surface area contributed by atoms with Crippen LogP contribution in [0.2, 0.25) is 0 Å².